The normalized spacial score (nSPS) is 12.7. The van der Waals surface area contributed by atoms with E-state index >= 15 is 0 Å². The fraction of sp³-hybridized carbons (Fsp3) is 0.467. The zero-order valence-corrected chi connectivity index (χ0v) is 11.7. The molecule has 1 atom stereocenters. The standard InChI is InChI=1S/C15H21N3O2/c1-11(10-19)5-4-8-16-9-14-17-13-7-3-2-6-12(13)15(20)18-14/h2-3,6-7,11,16,19H,4-5,8-10H2,1H3,(H,17,18,20). The van der Waals surface area contributed by atoms with Crippen LogP contribution in [-0.4, -0.2) is 28.2 Å². The van der Waals surface area contributed by atoms with E-state index in [9.17, 15) is 4.79 Å². The minimum absolute atomic E-state index is 0.0960. The van der Waals surface area contributed by atoms with Gasteiger partial charge >= 0.3 is 0 Å². The Labute approximate surface area is 118 Å². The van der Waals surface area contributed by atoms with E-state index in [0.717, 1.165) is 24.9 Å². The molecule has 20 heavy (non-hydrogen) atoms. The van der Waals surface area contributed by atoms with Crippen LogP contribution in [0.1, 0.15) is 25.6 Å². The summed E-state index contributed by atoms with van der Waals surface area (Å²) < 4.78 is 0. The molecule has 3 N–H and O–H groups in total. The second-order valence-corrected chi connectivity index (χ2v) is 5.14. The number of nitrogens with one attached hydrogen (secondary N) is 2. The van der Waals surface area contributed by atoms with Gasteiger partial charge in [0.15, 0.2) is 0 Å². The van der Waals surface area contributed by atoms with Crippen LogP contribution in [0.5, 0.6) is 0 Å². The van der Waals surface area contributed by atoms with Gasteiger partial charge in [0.25, 0.3) is 5.56 Å². The fourth-order valence-electron chi connectivity index (χ4n) is 2.09. The number of benzene rings is 1. The Bertz CT molecular complexity index is 609. The molecule has 0 aliphatic heterocycles. The van der Waals surface area contributed by atoms with Gasteiger partial charge in [-0.15, -0.1) is 0 Å². The summed E-state index contributed by atoms with van der Waals surface area (Å²) in [6.45, 7) is 3.66. The van der Waals surface area contributed by atoms with E-state index in [1.807, 2.05) is 25.1 Å². The molecule has 0 saturated carbocycles. The maximum atomic E-state index is 11.9. The Morgan fingerprint density at radius 3 is 3.00 bits per heavy atom. The van der Waals surface area contributed by atoms with Crippen LogP contribution in [0, 0.1) is 5.92 Å². The number of nitrogens with zero attached hydrogens (tertiary/aromatic N) is 1. The molecule has 0 aliphatic carbocycles. The number of aliphatic hydroxyl groups excluding tert-OH is 1. The topological polar surface area (TPSA) is 78.0 Å². The molecule has 2 rings (SSSR count). The molecule has 1 unspecified atom stereocenters. The van der Waals surface area contributed by atoms with E-state index < -0.39 is 0 Å². The van der Waals surface area contributed by atoms with Gasteiger partial charge in [-0.3, -0.25) is 4.79 Å². The molecular formula is C15H21N3O2. The van der Waals surface area contributed by atoms with Crippen LogP contribution in [0.2, 0.25) is 0 Å². The summed E-state index contributed by atoms with van der Waals surface area (Å²) in [4.78, 5) is 19.1. The maximum Gasteiger partial charge on any atom is 0.258 e. The molecule has 1 heterocycles. The van der Waals surface area contributed by atoms with Crippen LogP contribution in [-0.2, 0) is 6.54 Å². The first-order valence-corrected chi connectivity index (χ1v) is 7.00. The van der Waals surface area contributed by atoms with Crippen LogP contribution in [0.25, 0.3) is 10.9 Å². The van der Waals surface area contributed by atoms with Crippen molar-refractivity contribution in [2.75, 3.05) is 13.2 Å². The molecule has 0 bridgehead atoms. The van der Waals surface area contributed by atoms with Gasteiger partial charge in [-0.25, -0.2) is 4.98 Å². The van der Waals surface area contributed by atoms with Crippen molar-refractivity contribution in [2.45, 2.75) is 26.3 Å². The number of hydrogen-bond acceptors (Lipinski definition) is 4. The van der Waals surface area contributed by atoms with Crippen molar-refractivity contribution in [1.29, 1.82) is 0 Å². The quantitative estimate of drug-likeness (QED) is 0.668. The Kier molecular flexibility index (Phi) is 5.26. The largest absolute Gasteiger partial charge is 0.396 e. The van der Waals surface area contributed by atoms with Crippen molar-refractivity contribution in [1.82, 2.24) is 15.3 Å². The first-order chi connectivity index (χ1) is 9.70. The summed E-state index contributed by atoms with van der Waals surface area (Å²) >= 11 is 0. The second kappa shape index (κ2) is 7.17. The summed E-state index contributed by atoms with van der Waals surface area (Å²) in [7, 11) is 0. The molecule has 0 saturated heterocycles. The second-order valence-electron chi connectivity index (χ2n) is 5.14. The highest BCUT2D eigenvalue weighted by Crippen LogP contribution is 2.06. The molecule has 0 amide bonds. The molecule has 0 radical (unpaired) electrons. The van der Waals surface area contributed by atoms with Gasteiger partial charge in [-0.05, 0) is 37.4 Å². The lowest BCUT2D eigenvalue weighted by atomic mass is 10.1. The molecule has 0 aliphatic rings. The van der Waals surface area contributed by atoms with Gasteiger partial charge < -0.3 is 15.4 Å². The molecule has 0 spiro atoms. The molecule has 0 fully saturated rings. The van der Waals surface area contributed by atoms with Crippen LogP contribution in [0.4, 0.5) is 0 Å². The average Bonchev–Trinajstić information content (AvgIpc) is 2.46. The third kappa shape index (κ3) is 3.88. The van der Waals surface area contributed by atoms with E-state index in [-0.39, 0.29) is 12.2 Å². The van der Waals surface area contributed by atoms with Gasteiger partial charge in [-0.1, -0.05) is 19.1 Å². The maximum absolute atomic E-state index is 11.9. The van der Waals surface area contributed by atoms with Crippen LogP contribution in [0.3, 0.4) is 0 Å². The molecule has 5 heteroatoms. The third-order valence-corrected chi connectivity index (χ3v) is 3.32. The monoisotopic (exact) mass is 275 g/mol. The van der Waals surface area contributed by atoms with Gasteiger partial charge in [0.05, 0.1) is 17.4 Å². The number of aliphatic hydroxyl groups is 1. The molecule has 2 aromatic rings. The van der Waals surface area contributed by atoms with Crippen LogP contribution < -0.4 is 10.9 Å². The van der Waals surface area contributed by atoms with Crippen LogP contribution in [0.15, 0.2) is 29.1 Å². The predicted octanol–water partition coefficient (Wildman–Crippen LogP) is 1.42. The van der Waals surface area contributed by atoms with Crippen molar-refractivity contribution >= 4 is 10.9 Å². The van der Waals surface area contributed by atoms with Gasteiger partial charge in [0.2, 0.25) is 0 Å². The van der Waals surface area contributed by atoms with Crippen molar-refractivity contribution in [2.24, 2.45) is 5.92 Å². The number of aromatic amines is 1. The average molecular weight is 275 g/mol. The van der Waals surface area contributed by atoms with Crippen molar-refractivity contribution in [3.63, 3.8) is 0 Å². The summed E-state index contributed by atoms with van der Waals surface area (Å²) in [5, 5.41) is 12.8. The lowest BCUT2D eigenvalue weighted by Gasteiger charge is -2.08. The molecule has 5 nitrogen and oxygen atoms in total. The van der Waals surface area contributed by atoms with E-state index in [2.05, 4.69) is 15.3 Å². The van der Waals surface area contributed by atoms with E-state index in [1.165, 1.54) is 0 Å². The SMILES string of the molecule is CC(CO)CCCNCc1nc2ccccc2c(=O)[nH]1. The molecular weight excluding hydrogens is 254 g/mol. The highest BCUT2D eigenvalue weighted by molar-refractivity contribution is 5.77. The van der Waals surface area contributed by atoms with Gasteiger partial charge in [0, 0.05) is 6.61 Å². The van der Waals surface area contributed by atoms with E-state index in [1.54, 1.807) is 6.07 Å². The zero-order chi connectivity index (χ0) is 14.4. The highest BCUT2D eigenvalue weighted by Gasteiger charge is 2.03. The Morgan fingerprint density at radius 2 is 2.20 bits per heavy atom. The van der Waals surface area contributed by atoms with E-state index in [4.69, 9.17) is 5.11 Å². The Hall–Kier alpha value is -1.72. The minimum Gasteiger partial charge on any atom is -0.396 e. The first-order valence-electron chi connectivity index (χ1n) is 7.00. The molecule has 1 aromatic carbocycles. The van der Waals surface area contributed by atoms with Gasteiger partial charge in [0.1, 0.15) is 5.82 Å². The molecule has 108 valence electrons. The lowest BCUT2D eigenvalue weighted by molar-refractivity contribution is 0.228. The third-order valence-electron chi connectivity index (χ3n) is 3.32. The number of hydrogen-bond donors (Lipinski definition) is 3. The summed E-state index contributed by atoms with van der Waals surface area (Å²) in [5.74, 6) is 0.999. The first kappa shape index (κ1) is 14.7. The van der Waals surface area contributed by atoms with Crippen molar-refractivity contribution in [3.8, 4) is 0 Å². The predicted molar refractivity (Wildman–Crippen MR) is 79.6 cm³/mol. The molecule has 1 aromatic heterocycles. The smallest absolute Gasteiger partial charge is 0.258 e. The Morgan fingerprint density at radius 1 is 1.40 bits per heavy atom. The van der Waals surface area contributed by atoms with Gasteiger partial charge in [-0.2, -0.15) is 0 Å². The fourth-order valence-corrected chi connectivity index (χ4v) is 2.09. The number of H-pyrrole nitrogens is 1. The lowest BCUT2D eigenvalue weighted by Crippen LogP contribution is -2.20. The van der Waals surface area contributed by atoms with E-state index in [0.29, 0.717) is 23.7 Å². The number of fused-ring (bicyclic) bond motifs is 1. The highest BCUT2D eigenvalue weighted by atomic mass is 16.3. The van der Waals surface area contributed by atoms with Crippen LogP contribution >= 0.6 is 0 Å². The Balaban J connectivity index is 1.89. The zero-order valence-electron chi connectivity index (χ0n) is 11.7. The van der Waals surface area contributed by atoms with Crippen molar-refractivity contribution < 1.29 is 5.11 Å². The number of rotatable bonds is 7. The minimum atomic E-state index is -0.0960. The summed E-state index contributed by atoms with van der Waals surface area (Å²) in [6, 6.07) is 7.33. The summed E-state index contributed by atoms with van der Waals surface area (Å²) in [6.07, 6.45) is 1.99. The summed E-state index contributed by atoms with van der Waals surface area (Å²) in [5.41, 5.74) is 0.628. The number of para-hydroxylation sites is 1. The van der Waals surface area contributed by atoms with Crippen molar-refractivity contribution in [3.05, 3.63) is 40.4 Å². The number of aromatic nitrogens is 2.